The van der Waals surface area contributed by atoms with Gasteiger partial charge in [-0.3, -0.25) is 0 Å². The Morgan fingerprint density at radius 3 is 2.75 bits per heavy atom. The lowest BCUT2D eigenvalue weighted by Crippen LogP contribution is -2.27. The number of aromatic nitrogens is 3. The normalized spacial score (nSPS) is 21.6. The predicted molar refractivity (Wildman–Crippen MR) is 77.3 cm³/mol. The van der Waals surface area contributed by atoms with E-state index in [0.717, 1.165) is 35.9 Å². The third-order valence-electron chi connectivity index (χ3n) is 3.69. The van der Waals surface area contributed by atoms with Crippen LogP contribution in [0.1, 0.15) is 32.1 Å². The maximum Gasteiger partial charge on any atom is 0.164 e. The van der Waals surface area contributed by atoms with Crippen LogP contribution in [0.15, 0.2) is 24.3 Å². The van der Waals surface area contributed by atoms with E-state index in [4.69, 9.17) is 10.5 Å². The van der Waals surface area contributed by atoms with E-state index in [1.807, 2.05) is 31.2 Å². The van der Waals surface area contributed by atoms with Gasteiger partial charge in [0.25, 0.3) is 0 Å². The first kappa shape index (κ1) is 13.1. The largest absolute Gasteiger partial charge is 0.494 e. The van der Waals surface area contributed by atoms with Crippen molar-refractivity contribution in [2.24, 2.45) is 11.7 Å². The van der Waals surface area contributed by atoms with E-state index in [9.17, 15) is 0 Å². The summed E-state index contributed by atoms with van der Waals surface area (Å²) in [5.41, 5.74) is 7.20. The van der Waals surface area contributed by atoms with Gasteiger partial charge in [0, 0.05) is 12.1 Å². The number of nitrogens with zero attached hydrogens (tertiary/aromatic N) is 3. The summed E-state index contributed by atoms with van der Waals surface area (Å²) in [6.07, 6.45) is 0.974. The van der Waals surface area contributed by atoms with Crippen LogP contribution in [0.3, 0.4) is 0 Å². The summed E-state index contributed by atoms with van der Waals surface area (Å²) in [5, 5.41) is 8.58. The summed E-state index contributed by atoms with van der Waals surface area (Å²) in [4.78, 5) is 0. The van der Waals surface area contributed by atoms with Gasteiger partial charge in [0.15, 0.2) is 5.82 Å². The molecule has 0 saturated heterocycles. The molecule has 1 aliphatic rings. The van der Waals surface area contributed by atoms with Gasteiger partial charge in [-0.25, -0.2) is 0 Å². The second-order valence-electron chi connectivity index (χ2n) is 5.40. The van der Waals surface area contributed by atoms with Crippen LogP contribution in [0.4, 0.5) is 0 Å². The van der Waals surface area contributed by atoms with Gasteiger partial charge < -0.3 is 15.0 Å². The maximum atomic E-state index is 6.15. The first-order chi connectivity index (χ1) is 9.69. The maximum absolute atomic E-state index is 6.15. The first-order valence-electron chi connectivity index (χ1n) is 7.11. The minimum absolute atomic E-state index is 0.0114. The smallest absolute Gasteiger partial charge is 0.164 e. The van der Waals surface area contributed by atoms with Crippen molar-refractivity contribution in [3.63, 3.8) is 0 Å². The number of rotatable bonds is 3. The number of hydrogen-bond acceptors (Lipinski definition) is 4. The van der Waals surface area contributed by atoms with Gasteiger partial charge in [0.2, 0.25) is 0 Å². The molecular formula is C15H20N4O. The third kappa shape index (κ3) is 2.29. The number of nitrogens with two attached hydrogens (primary N) is 1. The predicted octanol–water partition coefficient (Wildman–Crippen LogP) is 2.38. The number of hydrogen-bond donors (Lipinski definition) is 1. The zero-order valence-electron chi connectivity index (χ0n) is 11.9. The minimum atomic E-state index is -0.0114. The van der Waals surface area contributed by atoms with Crippen molar-refractivity contribution in [1.29, 1.82) is 0 Å². The van der Waals surface area contributed by atoms with Crippen molar-refractivity contribution in [1.82, 2.24) is 14.8 Å². The Balaban J connectivity index is 1.95. The molecule has 0 radical (unpaired) electrons. The SMILES string of the molecule is CCOc1ccc(-c2nnc3n2CC(C)CC3N)cc1. The van der Waals surface area contributed by atoms with Crippen molar-refractivity contribution in [2.75, 3.05) is 6.61 Å². The van der Waals surface area contributed by atoms with Gasteiger partial charge in [-0.15, -0.1) is 10.2 Å². The molecule has 3 rings (SSSR count). The van der Waals surface area contributed by atoms with Crippen LogP contribution >= 0.6 is 0 Å². The molecule has 20 heavy (non-hydrogen) atoms. The van der Waals surface area contributed by atoms with Crippen LogP contribution in [0, 0.1) is 5.92 Å². The van der Waals surface area contributed by atoms with Gasteiger partial charge in [-0.2, -0.15) is 0 Å². The van der Waals surface area contributed by atoms with Crippen molar-refractivity contribution < 1.29 is 4.74 Å². The summed E-state index contributed by atoms with van der Waals surface area (Å²) in [6.45, 7) is 5.79. The Morgan fingerprint density at radius 1 is 1.30 bits per heavy atom. The second-order valence-corrected chi connectivity index (χ2v) is 5.40. The molecule has 2 unspecified atom stereocenters. The lowest BCUT2D eigenvalue weighted by atomic mass is 9.97. The van der Waals surface area contributed by atoms with E-state index in [1.165, 1.54) is 0 Å². The standard InChI is InChI=1S/C15H20N4O/c1-3-20-12-6-4-11(5-7-12)14-17-18-15-13(16)8-10(2)9-19(14)15/h4-7,10,13H,3,8-9,16H2,1-2H3. The minimum Gasteiger partial charge on any atom is -0.494 e. The zero-order valence-corrected chi connectivity index (χ0v) is 11.9. The van der Waals surface area contributed by atoms with Gasteiger partial charge in [-0.05, 0) is 43.5 Å². The molecule has 0 bridgehead atoms. The van der Waals surface area contributed by atoms with Gasteiger partial charge in [0.1, 0.15) is 11.6 Å². The highest BCUT2D eigenvalue weighted by atomic mass is 16.5. The van der Waals surface area contributed by atoms with Crippen molar-refractivity contribution in [3.05, 3.63) is 30.1 Å². The lowest BCUT2D eigenvalue weighted by Gasteiger charge is -2.25. The Kier molecular flexibility index (Phi) is 3.44. The topological polar surface area (TPSA) is 66.0 Å². The van der Waals surface area contributed by atoms with Crippen molar-refractivity contribution >= 4 is 0 Å². The van der Waals surface area contributed by atoms with Crippen LogP contribution in [0.25, 0.3) is 11.4 Å². The van der Waals surface area contributed by atoms with Crippen LogP contribution in [-0.2, 0) is 6.54 Å². The molecule has 0 fully saturated rings. The van der Waals surface area contributed by atoms with Gasteiger partial charge >= 0.3 is 0 Å². The summed E-state index contributed by atoms with van der Waals surface area (Å²) in [7, 11) is 0. The van der Waals surface area contributed by atoms with Crippen LogP contribution in [0.2, 0.25) is 0 Å². The fourth-order valence-electron chi connectivity index (χ4n) is 2.77. The summed E-state index contributed by atoms with van der Waals surface area (Å²) < 4.78 is 7.61. The Morgan fingerprint density at radius 2 is 2.05 bits per heavy atom. The molecule has 2 N–H and O–H groups in total. The molecule has 5 heteroatoms. The first-order valence-corrected chi connectivity index (χ1v) is 7.11. The Labute approximate surface area is 118 Å². The molecule has 0 saturated carbocycles. The number of benzene rings is 1. The van der Waals surface area contributed by atoms with Gasteiger partial charge in [0.05, 0.1) is 12.6 Å². The number of ether oxygens (including phenoxy) is 1. The molecule has 2 aromatic rings. The Bertz CT molecular complexity index is 590. The second kappa shape index (κ2) is 5.25. The molecule has 1 aromatic carbocycles. The molecule has 1 aromatic heterocycles. The molecule has 0 amide bonds. The molecule has 0 spiro atoms. The fourth-order valence-corrected chi connectivity index (χ4v) is 2.77. The summed E-state index contributed by atoms with van der Waals surface area (Å²) >= 11 is 0. The highest BCUT2D eigenvalue weighted by Crippen LogP contribution is 2.30. The third-order valence-corrected chi connectivity index (χ3v) is 3.69. The molecule has 2 atom stereocenters. The molecule has 5 nitrogen and oxygen atoms in total. The summed E-state index contributed by atoms with van der Waals surface area (Å²) in [6, 6.07) is 7.96. The summed E-state index contributed by atoms with van der Waals surface area (Å²) in [5.74, 6) is 3.21. The van der Waals surface area contributed by atoms with Crippen LogP contribution in [-0.4, -0.2) is 21.4 Å². The van der Waals surface area contributed by atoms with E-state index in [1.54, 1.807) is 0 Å². The lowest BCUT2D eigenvalue weighted by molar-refractivity contribution is 0.340. The van der Waals surface area contributed by atoms with E-state index >= 15 is 0 Å². The monoisotopic (exact) mass is 272 g/mol. The molecule has 106 valence electrons. The van der Waals surface area contributed by atoms with Gasteiger partial charge in [-0.1, -0.05) is 6.92 Å². The molecule has 0 aliphatic carbocycles. The van der Waals surface area contributed by atoms with E-state index < -0.39 is 0 Å². The quantitative estimate of drug-likeness (QED) is 0.931. The van der Waals surface area contributed by atoms with Crippen molar-refractivity contribution in [3.8, 4) is 17.1 Å². The molecule has 2 heterocycles. The highest BCUT2D eigenvalue weighted by Gasteiger charge is 2.26. The Hall–Kier alpha value is -1.88. The van der Waals surface area contributed by atoms with Crippen LogP contribution in [0.5, 0.6) is 5.75 Å². The zero-order chi connectivity index (χ0) is 14.1. The van der Waals surface area contributed by atoms with E-state index in [-0.39, 0.29) is 6.04 Å². The van der Waals surface area contributed by atoms with Crippen molar-refractivity contribution in [2.45, 2.75) is 32.9 Å². The fraction of sp³-hybridized carbons (Fsp3) is 0.467. The van der Waals surface area contributed by atoms with Crippen LogP contribution < -0.4 is 10.5 Å². The number of fused-ring (bicyclic) bond motifs is 1. The average Bonchev–Trinajstić information content (AvgIpc) is 2.84. The molecule has 1 aliphatic heterocycles. The van der Waals surface area contributed by atoms with E-state index in [2.05, 4.69) is 21.7 Å². The average molecular weight is 272 g/mol. The highest BCUT2D eigenvalue weighted by molar-refractivity contribution is 5.57. The molecular weight excluding hydrogens is 252 g/mol. The van der Waals surface area contributed by atoms with E-state index in [0.29, 0.717) is 12.5 Å².